The molecule has 0 bridgehead atoms. The minimum Gasteiger partial charge on any atom is -0.378 e. The van der Waals surface area contributed by atoms with Crippen LogP contribution >= 0.6 is 0 Å². The summed E-state index contributed by atoms with van der Waals surface area (Å²) in [5, 5.41) is 0. The molecule has 2 atom stereocenters. The largest absolute Gasteiger partial charge is 0.378 e. The van der Waals surface area contributed by atoms with E-state index in [1.807, 2.05) is 6.92 Å². The molecule has 1 heterocycles. The average molecular weight is 585 g/mol. The maximum Gasteiger partial charge on any atom is 0.166 e. The molecule has 4 aliphatic rings. The van der Waals surface area contributed by atoms with Crippen LogP contribution in [0.5, 0.6) is 0 Å². The number of allylic oxidation sites excluding steroid dienone is 2. The first-order chi connectivity index (χ1) is 20.4. The van der Waals surface area contributed by atoms with E-state index in [0.717, 1.165) is 63.5 Å². The number of aryl methyl sites for hydroxylation is 1. The van der Waals surface area contributed by atoms with Gasteiger partial charge in [0.15, 0.2) is 23.3 Å². The van der Waals surface area contributed by atoms with E-state index < -0.39 is 23.3 Å². The number of epoxide rings is 1. The fraction of sp³-hybridized carbons (Fsp3) is 0.611. The molecule has 0 radical (unpaired) electrons. The Bertz CT molecular complexity index is 1270. The van der Waals surface area contributed by atoms with Gasteiger partial charge in [-0.3, -0.25) is 0 Å². The van der Waals surface area contributed by atoms with Crippen LogP contribution in [0.4, 0.5) is 17.6 Å². The van der Waals surface area contributed by atoms with Gasteiger partial charge in [0.25, 0.3) is 0 Å². The summed E-state index contributed by atoms with van der Waals surface area (Å²) in [4.78, 5) is 0. The maximum atomic E-state index is 14.8. The fourth-order valence-corrected chi connectivity index (χ4v) is 7.84. The Morgan fingerprint density at radius 3 is 2.14 bits per heavy atom. The normalized spacial score (nSPS) is 29.8. The smallest absolute Gasteiger partial charge is 0.166 e. The molecule has 2 saturated carbocycles. The molecule has 2 aromatic rings. The molecule has 0 amide bonds. The van der Waals surface area contributed by atoms with Crippen molar-refractivity contribution in [2.75, 3.05) is 13.2 Å². The van der Waals surface area contributed by atoms with Crippen LogP contribution in [0.1, 0.15) is 118 Å². The second kappa shape index (κ2) is 13.2. The lowest BCUT2D eigenvalue weighted by Crippen LogP contribution is -2.28. The molecular weight excluding hydrogens is 540 g/mol. The number of halogens is 4. The molecule has 0 N–H and O–H groups in total. The third kappa shape index (κ3) is 6.50. The van der Waals surface area contributed by atoms with Crippen molar-refractivity contribution >= 4 is 5.57 Å². The summed E-state index contributed by atoms with van der Waals surface area (Å²) in [5.74, 6) is -0.849. The molecular formula is C36H44F4O2. The lowest BCUT2D eigenvalue weighted by molar-refractivity contribution is -0.00689. The predicted molar refractivity (Wildman–Crippen MR) is 157 cm³/mol. The van der Waals surface area contributed by atoms with E-state index in [1.165, 1.54) is 25.7 Å². The van der Waals surface area contributed by atoms with E-state index in [2.05, 4.69) is 6.08 Å². The van der Waals surface area contributed by atoms with Crippen molar-refractivity contribution in [3.05, 3.63) is 75.9 Å². The Hall–Kier alpha value is -2.18. The summed E-state index contributed by atoms with van der Waals surface area (Å²) in [6, 6.07) is 6.97. The topological polar surface area (TPSA) is 21.8 Å². The van der Waals surface area contributed by atoms with Gasteiger partial charge in [0.2, 0.25) is 0 Å². The van der Waals surface area contributed by atoms with E-state index >= 15 is 0 Å². The number of benzene rings is 2. The van der Waals surface area contributed by atoms with Crippen molar-refractivity contribution in [2.45, 2.75) is 109 Å². The third-order valence-electron chi connectivity index (χ3n) is 10.5. The van der Waals surface area contributed by atoms with Gasteiger partial charge in [-0.1, -0.05) is 43.7 Å². The van der Waals surface area contributed by atoms with E-state index in [1.54, 1.807) is 24.3 Å². The van der Waals surface area contributed by atoms with Crippen LogP contribution in [0.15, 0.2) is 30.3 Å². The first-order valence-electron chi connectivity index (χ1n) is 16.3. The highest BCUT2D eigenvalue weighted by Crippen LogP contribution is 2.43. The molecule has 0 spiro atoms. The Kier molecular flexibility index (Phi) is 9.40. The standard InChI is InChI=1S/C36H44F4O2/c1-2-3-27-14-17-29(34(38)33(27)37)26-12-15-28(16-13-26)41-20-22-4-6-23(7-5-22)24-8-10-25(11-9-24)30-18-19-31(32-21-42-32)36(40)35(30)39/h10,14,17-19,22-24,26,28,32H,2-9,11-13,15-16,20-21H2,1H3. The molecule has 2 aromatic carbocycles. The Balaban J connectivity index is 0.926. The number of hydrogen-bond acceptors (Lipinski definition) is 2. The van der Waals surface area contributed by atoms with Crippen molar-refractivity contribution in [3.8, 4) is 0 Å². The predicted octanol–water partition coefficient (Wildman–Crippen LogP) is 10.00. The minimum atomic E-state index is -0.756. The molecule has 0 aromatic heterocycles. The molecule has 228 valence electrons. The van der Waals surface area contributed by atoms with E-state index in [9.17, 15) is 17.6 Å². The SMILES string of the molecule is CCCc1ccc(C2CCC(OCC3CCC(C4CC=C(c5ccc(C6CO6)c(F)c5F)CC4)CC3)CC2)c(F)c1F. The number of rotatable bonds is 9. The van der Waals surface area contributed by atoms with Crippen LogP contribution in [0.25, 0.3) is 5.57 Å². The highest BCUT2D eigenvalue weighted by molar-refractivity contribution is 5.67. The molecule has 2 unspecified atom stereocenters. The summed E-state index contributed by atoms with van der Waals surface area (Å²) in [6.07, 6.45) is 14.4. The van der Waals surface area contributed by atoms with Gasteiger partial charge in [-0.2, -0.15) is 0 Å². The molecule has 42 heavy (non-hydrogen) atoms. The molecule has 1 aliphatic heterocycles. The van der Waals surface area contributed by atoms with Crippen molar-refractivity contribution in [1.82, 2.24) is 0 Å². The molecule has 6 heteroatoms. The summed E-state index contributed by atoms with van der Waals surface area (Å²) in [7, 11) is 0. The van der Waals surface area contributed by atoms with Gasteiger partial charge >= 0.3 is 0 Å². The first-order valence-corrected chi connectivity index (χ1v) is 16.3. The monoisotopic (exact) mass is 584 g/mol. The molecule has 3 fully saturated rings. The van der Waals surface area contributed by atoms with E-state index in [0.29, 0.717) is 53.0 Å². The Morgan fingerprint density at radius 2 is 1.48 bits per heavy atom. The van der Waals surface area contributed by atoms with Gasteiger partial charge in [-0.05, 0) is 117 Å². The zero-order valence-corrected chi connectivity index (χ0v) is 24.8. The van der Waals surface area contributed by atoms with Gasteiger partial charge in [-0.15, -0.1) is 0 Å². The Labute approximate surface area is 247 Å². The maximum absolute atomic E-state index is 14.8. The minimum absolute atomic E-state index is 0.0720. The summed E-state index contributed by atoms with van der Waals surface area (Å²) >= 11 is 0. The highest BCUT2D eigenvalue weighted by atomic mass is 19.2. The summed E-state index contributed by atoms with van der Waals surface area (Å²) < 4.78 is 70.0. The molecule has 1 saturated heterocycles. The van der Waals surface area contributed by atoms with Crippen molar-refractivity contribution in [1.29, 1.82) is 0 Å². The van der Waals surface area contributed by atoms with Crippen molar-refractivity contribution in [3.63, 3.8) is 0 Å². The van der Waals surface area contributed by atoms with E-state index in [-0.39, 0.29) is 18.1 Å². The van der Waals surface area contributed by atoms with Gasteiger partial charge in [-0.25, -0.2) is 17.6 Å². The summed E-state index contributed by atoms with van der Waals surface area (Å²) in [6.45, 7) is 3.23. The van der Waals surface area contributed by atoms with Crippen LogP contribution in [0.2, 0.25) is 0 Å². The zero-order valence-electron chi connectivity index (χ0n) is 24.8. The average Bonchev–Trinajstić information content (AvgIpc) is 3.86. The van der Waals surface area contributed by atoms with Crippen LogP contribution in [0.3, 0.4) is 0 Å². The molecule has 3 aliphatic carbocycles. The first kappa shape index (κ1) is 29.9. The number of hydrogen-bond donors (Lipinski definition) is 0. The fourth-order valence-electron chi connectivity index (χ4n) is 7.84. The highest BCUT2D eigenvalue weighted by Gasteiger charge is 2.33. The van der Waals surface area contributed by atoms with Gasteiger partial charge in [0, 0.05) is 17.7 Å². The molecule has 2 nitrogen and oxygen atoms in total. The lowest BCUT2D eigenvalue weighted by atomic mass is 9.71. The lowest BCUT2D eigenvalue weighted by Gasteiger charge is -2.36. The quantitative estimate of drug-likeness (QED) is 0.216. The van der Waals surface area contributed by atoms with Gasteiger partial charge in [0.05, 0.1) is 12.7 Å². The second-order valence-electron chi connectivity index (χ2n) is 13.2. The zero-order chi connectivity index (χ0) is 29.2. The van der Waals surface area contributed by atoms with Crippen LogP contribution in [-0.4, -0.2) is 19.3 Å². The van der Waals surface area contributed by atoms with Crippen molar-refractivity contribution < 1.29 is 27.0 Å². The van der Waals surface area contributed by atoms with Gasteiger partial charge in [0.1, 0.15) is 6.10 Å². The van der Waals surface area contributed by atoms with Gasteiger partial charge < -0.3 is 9.47 Å². The van der Waals surface area contributed by atoms with E-state index in [4.69, 9.17) is 9.47 Å². The van der Waals surface area contributed by atoms with Crippen LogP contribution < -0.4 is 0 Å². The second-order valence-corrected chi connectivity index (χ2v) is 13.2. The van der Waals surface area contributed by atoms with Crippen LogP contribution in [0, 0.1) is 41.0 Å². The van der Waals surface area contributed by atoms with Crippen molar-refractivity contribution in [2.24, 2.45) is 17.8 Å². The molecule has 6 rings (SSSR count). The number of ether oxygens (including phenoxy) is 2. The third-order valence-corrected chi connectivity index (χ3v) is 10.5. The Morgan fingerprint density at radius 1 is 0.762 bits per heavy atom. The van der Waals surface area contributed by atoms with Crippen LogP contribution in [-0.2, 0) is 15.9 Å². The summed E-state index contributed by atoms with van der Waals surface area (Å²) in [5.41, 5.74) is 2.69.